The third-order valence-corrected chi connectivity index (χ3v) is 5.76. The van der Waals surface area contributed by atoms with Crippen LogP contribution in [0.1, 0.15) is 37.0 Å². The van der Waals surface area contributed by atoms with Gasteiger partial charge in [-0.25, -0.2) is 30.7 Å². The van der Waals surface area contributed by atoms with Crippen LogP contribution in [-0.4, -0.2) is 6.61 Å². The average molecular weight is 520 g/mol. The molecule has 0 saturated carbocycles. The molecule has 0 bridgehead atoms. The van der Waals surface area contributed by atoms with Crippen molar-refractivity contribution in [3.63, 3.8) is 0 Å². The molecular formula is C25H17F9O2. The first-order valence-electron chi connectivity index (χ1n) is 10.7. The van der Waals surface area contributed by atoms with Gasteiger partial charge in [-0.1, -0.05) is 6.92 Å². The van der Waals surface area contributed by atoms with Crippen molar-refractivity contribution in [1.82, 2.24) is 0 Å². The molecule has 4 rings (SSSR count). The fraction of sp³-hybridized carbons (Fsp3) is 0.280. The summed E-state index contributed by atoms with van der Waals surface area (Å²) in [5.41, 5.74) is -3.39. The zero-order valence-electron chi connectivity index (χ0n) is 18.5. The molecule has 1 unspecified atom stereocenters. The molecule has 2 nitrogen and oxygen atoms in total. The Morgan fingerprint density at radius 2 is 1.31 bits per heavy atom. The Morgan fingerprint density at radius 3 is 1.81 bits per heavy atom. The van der Waals surface area contributed by atoms with Crippen LogP contribution in [0.15, 0.2) is 36.4 Å². The Labute approximate surface area is 199 Å². The number of ether oxygens (including phenoxy) is 2. The van der Waals surface area contributed by atoms with Gasteiger partial charge in [-0.15, -0.1) is 0 Å². The monoisotopic (exact) mass is 520 g/mol. The average Bonchev–Trinajstić information content (AvgIpc) is 2.76. The molecule has 192 valence electrons. The van der Waals surface area contributed by atoms with Gasteiger partial charge >= 0.3 is 6.11 Å². The summed E-state index contributed by atoms with van der Waals surface area (Å²) >= 11 is 0. The van der Waals surface area contributed by atoms with Crippen LogP contribution in [-0.2, 0) is 10.8 Å². The van der Waals surface area contributed by atoms with Gasteiger partial charge in [0.2, 0.25) is 0 Å². The highest BCUT2D eigenvalue weighted by Crippen LogP contribution is 2.39. The van der Waals surface area contributed by atoms with E-state index in [1.165, 1.54) is 0 Å². The van der Waals surface area contributed by atoms with Gasteiger partial charge < -0.3 is 9.47 Å². The summed E-state index contributed by atoms with van der Waals surface area (Å²) in [6, 6.07) is 2.53. The van der Waals surface area contributed by atoms with E-state index >= 15 is 0 Å². The Balaban J connectivity index is 1.66. The topological polar surface area (TPSA) is 18.5 Å². The lowest BCUT2D eigenvalue weighted by Gasteiger charge is -2.27. The van der Waals surface area contributed by atoms with E-state index in [1.54, 1.807) is 0 Å². The molecule has 11 heteroatoms. The standard InChI is InChI=1S/C25H17F9O2/c1-11-2-3-21(35-10-11)12-4-15(26)22(16(27)5-12)13-6-17(28)23(18(29)7-13)25(33,34)36-14-8-19(30)24(32)20(31)9-14/h4-9,11,21H,2-3,10H2,1H3/t11?,21-/m0/s1. The molecule has 36 heavy (non-hydrogen) atoms. The van der Waals surface area contributed by atoms with Crippen molar-refractivity contribution in [1.29, 1.82) is 0 Å². The molecule has 0 amide bonds. The number of halogens is 9. The SMILES string of the molecule is CC1CC[C@@H](c2cc(F)c(-c3cc(F)c(C(F)(F)Oc4cc(F)c(F)c(F)c4)c(F)c3)c(F)c2)OC1. The Kier molecular flexibility index (Phi) is 6.96. The molecule has 0 radical (unpaired) electrons. The van der Waals surface area contributed by atoms with E-state index in [9.17, 15) is 39.5 Å². The summed E-state index contributed by atoms with van der Waals surface area (Å²) in [6.45, 7) is 2.35. The second-order valence-electron chi connectivity index (χ2n) is 8.50. The Bertz CT molecular complexity index is 1230. The zero-order valence-corrected chi connectivity index (χ0v) is 18.5. The molecule has 1 heterocycles. The third kappa shape index (κ3) is 5.02. The number of hydrogen-bond acceptors (Lipinski definition) is 2. The zero-order chi connectivity index (χ0) is 26.4. The second kappa shape index (κ2) is 9.68. The summed E-state index contributed by atoms with van der Waals surface area (Å²) < 4.78 is 137. The normalized spacial score (nSPS) is 18.4. The molecule has 1 saturated heterocycles. The van der Waals surface area contributed by atoms with Crippen LogP contribution in [0.25, 0.3) is 11.1 Å². The van der Waals surface area contributed by atoms with Gasteiger partial charge in [0.1, 0.15) is 34.6 Å². The van der Waals surface area contributed by atoms with Crippen LogP contribution < -0.4 is 4.74 Å². The summed E-state index contributed by atoms with van der Waals surface area (Å²) in [6.07, 6.45) is -4.14. The summed E-state index contributed by atoms with van der Waals surface area (Å²) in [5, 5.41) is 0. The van der Waals surface area contributed by atoms with Crippen molar-refractivity contribution in [2.24, 2.45) is 5.92 Å². The van der Waals surface area contributed by atoms with Gasteiger partial charge in [-0.05, 0) is 54.2 Å². The first kappa shape index (κ1) is 25.9. The molecule has 2 atom stereocenters. The van der Waals surface area contributed by atoms with Gasteiger partial charge in [0.05, 0.1) is 11.7 Å². The number of hydrogen-bond donors (Lipinski definition) is 0. The molecule has 1 aliphatic heterocycles. The third-order valence-electron chi connectivity index (χ3n) is 5.76. The maximum Gasteiger partial charge on any atom is 0.432 e. The summed E-state index contributed by atoms with van der Waals surface area (Å²) in [5.74, 6) is -13.0. The highest BCUT2D eigenvalue weighted by Gasteiger charge is 2.42. The van der Waals surface area contributed by atoms with E-state index in [-0.39, 0.29) is 35.7 Å². The van der Waals surface area contributed by atoms with Crippen molar-refractivity contribution in [2.75, 3.05) is 6.61 Å². The van der Waals surface area contributed by atoms with Crippen molar-refractivity contribution < 1.29 is 49.0 Å². The number of rotatable bonds is 5. The molecule has 1 aliphatic rings. The van der Waals surface area contributed by atoms with Crippen LogP contribution in [0, 0.1) is 46.6 Å². The molecule has 1 fully saturated rings. The smallest absolute Gasteiger partial charge is 0.429 e. The molecule has 0 spiro atoms. The quantitative estimate of drug-likeness (QED) is 0.251. The predicted molar refractivity (Wildman–Crippen MR) is 110 cm³/mol. The van der Waals surface area contributed by atoms with Crippen LogP contribution in [0.3, 0.4) is 0 Å². The molecule has 0 aromatic heterocycles. The van der Waals surface area contributed by atoms with E-state index < -0.39 is 75.4 Å². The van der Waals surface area contributed by atoms with Gasteiger partial charge in [0.15, 0.2) is 17.5 Å². The van der Waals surface area contributed by atoms with E-state index in [4.69, 9.17) is 4.74 Å². The lowest BCUT2D eigenvalue weighted by molar-refractivity contribution is -0.189. The minimum Gasteiger partial charge on any atom is -0.429 e. The number of benzene rings is 3. The van der Waals surface area contributed by atoms with Crippen molar-refractivity contribution in [2.45, 2.75) is 32.0 Å². The summed E-state index contributed by atoms with van der Waals surface area (Å²) in [4.78, 5) is 0. The van der Waals surface area contributed by atoms with Crippen LogP contribution in [0.4, 0.5) is 39.5 Å². The minimum absolute atomic E-state index is 0.0551. The highest BCUT2D eigenvalue weighted by atomic mass is 19.3. The van der Waals surface area contributed by atoms with Crippen molar-refractivity contribution in [3.8, 4) is 16.9 Å². The maximum absolute atomic E-state index is 14.8. The fourth-order valence-electron chi connectivity index (χ4n) is 3.99. The van der Waals surface area contributed by atoms with Crippen LogP contribution in [0.5, 0.6) is 5.75 Å². The molecule has 0 N–H and O–H groups in total. The first-order valence-corrected chi connectivity index (χ1v) is 10.7. The van der Waals surface area contributed by atoms with Crippen LogP contribution >= 0.6 is 0 Å². The lowest BCUT2D eigenvalue weighted by atomic mass is 9.93. The second-order valence-corrected chi connectivity index (χ2v) is 8.50. The largest absolute Gasteiger partial charge is 0.432 e. The van der Waals surface area contributed by atoms with Gasteiger partial charge in [0, 0.05) is 18.7 Å². The van der Waals surface area contributed by atoms with Gasteiger partial charge in [-0.2, -0.15) is 8.78 Å². The van der Waals surface area contributed by atoms with E-state index in [2.05, 4.69) is 4.74 Å². The van der Waals surface area contributed by atoms with Gasteiger partial charge in [0.25, 0.3) is 0 Å². The molecular weight excluding hydrogens is 503 g/mol. The fourth-order valence-corrected chi connectivity index (χ4v) is 3.99. The molecule has 3 aromatic rings. The lowest BCUT2D eigenvalue weighted by Crippen LogP contribution is -2.25. The number of alkyl halides is 2. The molecule has 0 aliphatic carbocycles. The van der Waals surface area contributed by atoms with E-state index in [0.717, 1.165) is 18.6 Å². The highest BCUT2D eigenvalue weighted by molar-refractivity contribution is 5.66. The van der Waals surface area contributed by atoms with Gasteiger partial charge in [-0.3, -0.25) is 0 Å². The predicted octanol–water partition coefficient (Wildman–Crippen LogP) is 7.94. The van der Waals surface area contributed by atoms with Crippen LogP contribution in [0.2, 0.25) is 0 Å². The Hall–Kier alpha value is -3.21. The Morgan fingerprint density at radius 1 is 0.750 bits per heavy atom. The maximum atomic E-state index is 14.8. The van der Waals surface area contributed by atoms with E-state index in [0.29, 0.717) is 13.0 Å². The van der Waals surface area contributed by atoms with Crippen molar-refractivity contribution in [3.05, 3.63) is 88.2 Å². The van der Waals surface area contributed by atoms with E-state index in [1.807, 2.05) is 6.92 Å². The summed E-state index contributed by atoms with van der Waals surface area (Å²) in [7, 11) is 0. The van der Waals surface area contributed by atoms with Crippen molar-refractivity contribution >= 4 is 0 Å². The minimum atomic E-state index is -4.83. The first-order chi connectivity index (χ1) is 16.9. The molecule has 3 aromatic carbocycles.